The van der Waals surface area contributed by atoms with Crippen molar-refractivity contribution >= 4 is 30.9 Å². The first-order valence-corrected chi connectivity index (χ1v) is 3.74. The number of hydrogen-bond donors (Lipinski definition) is 1. The lowest BCUT2D eigenvalue weighted by molar-refractivity contribution is 0.397. The molecule has 3 nitrogen and oxygen atoms in total. The van der Waals surface area contributed by atoms with Crippen molar-refractivity contribution in [1.82, 2.24) is 4.98 Å². The Labute approximate surface area is 96.2 Å². The largest absolute Gasteiger partial charge is 0.481 e. The van der Waals surface area contributed by atoms with Crippen molar-refractivity contribution in [2.45, 2.75) is 0 Å². The lowest BCUT2D eigenvalue weighted by Crippen LogP contribution is -1.93. The molecule has 1 aromatic rings. The molecule has 80 valence electrons. The van der Waals surface area contributed by atoms with E-state index in [2.05, 4.69) is 4.98 Å². The van der Waals surface area contributed by atoms with Crippen LogP contribution in [0.15, 0.2) is 24.3 Å². The van der Waals surface area contributed by atoms with Crippen molar-refractivity contribution in [2.75, 3.05) is 13.7 Å². The Kier molecular flexibility index (Phi) is 9.88. The molecule has 0 bridgehead atoms. The van der Waals surface area contributed by atoms with Gasteiger partial charge in [-0.2, -0.15) is 0 Å². The molecule has 0 saturated heterocycles. The molecule has 0 unspecified atom stereocenters. The lowest BCUT2D eigenvalue weighted by atomic mass is 10.3. The van der Waals surface area contributed by atoms with Gasteiger partial charge in [-0.05, 0) is 12.1 Å². The van der Waals surface area contributed by atoms with Crippen LogP contribution in [-0.2, 0) is 0 Å². The Morgan fingerprint density at radius 2 is 2.14 bits per heavy atom. The van der Waals surface area contributed by atoms with Crippen molar-refractivity contribution in [3.63, 3.8) is 0 Å². The van der Waals surface area contributed by atoms with Crippen molar-refractivity contribution in [3.8, 4) is 5.88 Å². The maximum atomic E-state index is 5.30. The molecule has 14 heavy (non-hydrogen) atoms. The van der Waals surface area contributed by atoms with Crippen molar-refractivity contribution < 1.29 is 4.74 Å². The van der Waals surface area contributed by atoms with Gasteiger partial charge >= 0.3 is 0 Å². The van der Waals surface area contributed by atoms with Gasteiger partial charge in [-0.15, -0.1) is 24.8 Å². The third kappa shape index (κ3) is 5.07. The van der Waals surface area contributed by atoms with Gasteiger partial charge in [0.1, 0.15) is 0 Å². The third-order valence-corrected chi connectivity index (χ3v) is 1.38. The Morgan fingerprint density at radius 3 is 2.71 bits per heavy atom. The lowest BCUT2D eigenvalue weighted by Gasteiger charge is -1.98. The van der Waals surface area contributed by atoms with Crippen molar-refractivity contribution in [3.05, 3.63) is 30.0 Å². The predicted molar refractivity (Wildman–Crippen MR) is 63.4 cm³/mol. The Morgan fingerprint density at radius 1 is 1.43 bits per heavy atom. The molecular weight excluding hydrogens is 223 g/mol. The first-order chi connectivity index (χ1) is 5.86. The van der Waals surface area contributed by atoms with Crippen LogP contribution in [0.25, 0.3) is 6.08 Å². The molecule has 2 N–H and O–H groups in total. The van der Waals surface area contributed by atoms with Gasteiger partial charge in [-0.25, -0.2) is 4.98 Å². The highest BCUT2D eigenvalue weighted by Gasteiger charge is 1.91. The van der Waals surface area contributed by atoms with Crippen LogP contribution in [0.1, 0.15) is 5.69 Å². The highest BCUT2D eigenvalue weighted by atomic mass is 35.5. The molecule has 0 aliphatic carbocycles. The molecule has 0 amide bonds. The van der Waals surface area contributed by atoms with Crippen LogP contribution in [-0.4, -0.2) is 18.6 Å². The summed E-state index contributed by atoms with van der Waals surface area (Å²) in [5.41, 5.74) is 6.16. The highest BCUT2D eigenvalue weighted by Crippen LogP contribution is 2.07. The van der Waals surface area contributed by atoms with E-state index in [0.717, 1.165) is 5.69 Å². The molecular formula is C9H14Cl2N2O. The minimum Gasteiger partial charge on any atom is -0.481 e. The number of nitrogens with zero attached hydrogens (tertiary/aromatic N) is 1. The van der Waals surface area contributed by atoms with Crippen LogP contribution in [0.2, 0.25) is 0 Å². The van der Waals surface area contributed by atoms with Gasteiger partial charge in [-0.1, -0.05) is 12.1 Å². The molecule has 0 spiro atoms. The second-order valence-electron chi connectivity index (χ2n) is 2.24. The maximum Gasteiger partial charge on any atom is 0.213 e. The number of nitrogens with two attached hydrogens (primary N) is 1. The standard InChI is InChI=1S/C9H12N2O.2ClH/c1-12-9-6-2-4-8(11-9)5-3-7-10;;/h2-6H,7,10H2,1H3;2*1H/b5-3+;;. The van der Waals surface area contributed by atoms with Gasteiger partial charge in [0, 0.05) is 12.6 Å². The van der Waals surface area contributed by atoms with Crippen LogP contribution >= 0.6 is 24.8 Å². The van der Waals surface area contributed by atoms with Gasteiger partial charge in [0.15, 0.2) is 0 Å². The number of pyridine rings is 1. The summed E-state index contributed by atoms with van der Waals surface area (Å²) in [5, 5.41) is 0. The number of aromatic nitrogens is 1. The van der Waals surface area contributed by atoms with E-state index >= 15 is 0 Å². The summed E-state index contributed by atoms with van der Waals surface area (Å²) >= 11 is 0. The van der Waals surface area contributed by atoms with Gasteiger partial charge in [-0.3, -0.25) is 0 Å². The number of rotatable bonds is 3. The highest BCUT2D eigenvalue weighted by molar-refractivity contribution is 5.85. The summed E-state index contributed by atoms with van der Waals surface area (Å²) < 4.78 is 4.96. The number of ether oxygens (including phenoxy) is 1. The van der Waals surface area contributed by atoms with Crippen LogP contribution < -0.4 is 10.5 Å². The fourth-order valence-corrected chi connectivity index (χ4v) is 0.826. The molecule has 0 aromatic carbocycles. The van der Waals surface area contributed by atoms with Crippen LogP contribution in [0.3, 0.4) is 0 Å². The SMILES string of the molecule is COc1cccc(/C=C/CN)n1.Cl.Cl. The van der Waals surface area contributed by atoms with Gasteiger partial charge < -0.3 is 10.5 Å². The first kappa shape index (κ1) is 15.7. The average Bonchev–Trinajstić information content (AvgIpc) is 2.15. The zero-order chi connectivity index (χ0) is 8.81. The van der Waals surface area contributed by atoms with Crippen molar-refractivity contribution in [1.29, 1.82) is 0 Å². The zero-order valence-corrected chi connectivity index (χ0v) is 9.48. The molecule has 5 heteroatoms. The van der Waals surface area contributed by atoms with E-state index in [1.165, 1.54) is 0 Å². The van der Waals surface area contributed by atoms with E-state index in [1.807, 2.05) is 24.3 Å². The van der Waals surface area contributed by atoms with E-state index in [1.54, 1.807) is 13.2 Å². The minimum absolute atomic E-state index is 0. The number of methoxy groups -OCH3 is 1. The Hall–Kier alpha value is -0.770. The smallest absolute Gasteiger partial charge is 0.213 e. The average molecular weight is 237 g/mol. The molecule has 1 rings (SSSR count). The summed E-state index contributed by atoms with van der Waals surface area (Å²) in [6, 6.07) is 5.59. The molecule has 1 aromatic heterocycles. The topological polar surface area (TPSA) is 48.1 Å². The van der Waals surface area contributed by atoms with Crippen molar-refractivity contribution in [2.24, 2.45) is 5.73 Å². The normalized spacial score (nSPS) is 9.00. The number of hydrogen-bond acceptors (Lipinski definition) is 3. The molecule has 0 aliphatic rings. The summed E-state index contributed by atoms with van der Waals surface area (Å²) in [4.78, 5) is 4.16. The molecule has 0 saturated carbocycles. The maximum absolute atomic E-state index is 5.30. The van der Waals surface area contributed by atoms with E-state index < -0.39 is 0 Å². The second-order valence-corrected chi connectivity index (χ2v) is 2.24. The number of halogens is 2. The molecule has 0 atom stereocenters. The first-order valence-electron chi connectivity index (χ1n) is 3.74. The fourth-order valence-electron chi connectivity index (χ4n) is 0.826. The van der Waals surface area contributed by atoms with Crippen LogP contribution in [0, 0.1) is 0 Å². The minimum atomic E-state index is 0. The molecule has 0 radical (unpaired) electrons. The fraction of sp³-hybridized carbons (Fsp3) is 0.222. The Balaban J connectivity index is 0. The summed E-state index contributed by atoms with van der Waals surface area (Å²) in [7, 11) is 1.60. The molecule has 0 fully saturated rings. The summed E-state index contributed by atoms with van der Waals surface area (Å²) in [5.74, 6) is 0.620. The Bertz CT molecular complexity index is 279. The summed E-state index contributed by atoms with van der Waals surface area (Å²) in [6.07, 6.45) is 3.71. The third-order valence-electron chi connectivity index (χ3n) is 1.38. The van der Waals surface area contributed by atoms with E-state index in [9.17, 15) is 0 Å². The monoisotopic (exact) mass is 236 g/mol. The van der Waals surface area contributed by atoms with Gasteiger partial charge in [0.05, 0.1) is 12.8 Å². The summed E-state index contributed by atoms with van der Waals surface area (Å²) in [6.45, 7) is 0.527. The van der Waals surface area contributed by atoms with Crippen LogP contribution in [0.5, 0.6) is 5.88 Å². The van der Waals surface area contributed by atoms with E-state index in [0.29, 0.717) is 12.4 Å². The second kappa shape index (κ2) is 8.81. The molecule has 1 heterocycles. The van der Waals surface area contributed by atoms with Crippen LogP contribution in [0.4, 0.5) is 0 Å². The van der Waals surface area contributed by atoms with E-state index in [4.69, 9.17) is 10.5 Å². The predicted octanol–water partition coefficient (Wildman–Crippen LogP) is 1.91. The van der Waals surface area contributed by atoms with E-state index in [-0.39, 0.29) is 24.8 Å². The van der Waals surface area contributed by atoms with Gasteiger partial charge in [0.25, 0.3) is 0 Å². The zero-order valence-electron chi connectivity index (χ0n) is 7.84. The molecule has 0 aliphatic heterocycles. The quantitative estimate of drug-likeness (QED) is 0.873. The van der Waals surface area contributed by atoms with Gasteiger partial charge in [0.2, 0.25) is 5.88 Å².